The SMILES string of the molecule is COC(=O)c1[nH]c2cc(OC)c(OC)cc2c1NC(=O)CN1CCC2(CC1)OCCO2. The molecule has 2 saturated heterocycles. The first-order valence-corrected chi connectivity index (χ1v) is 10.1. The van der Waals surface area contributed by atoms with Crippen LogP contribution in [0.1, 0.15) is 23.3 Å². The molecule has 1 amide bonds. The van der Waals surface area contributed by atoms with Gasteiger partial charge in [0.15, 0.2) is 17.3 Å². The van der Waals surface area contributed by atoms with Gasteiger partial charge in [0.05, 0.1) is 52.3 Å². The second-order valence-corrected chi connectivity index (χ2v) is 7.55. The number of amides is 1. The molecule has 2 aromatic rings. The highest BCUT2D eigenvalue weighted by Crippen LogP contribution is 2.37. The fourth-order valence-corrected chi connectivity index (χ4v) is 4.13. The van der Waals surface area contributed by atoms with Gasteiger partial charge in [-0.05, 0) is 6.07 Å². The molecular formula is C21H27N3O7. The van der Waals surface area contributed by atoms with E-state index in [1.807, 2.05) is 4.90 Å². The van der Waals surface area contributed by atoms with Gasteiger partial charge in [-0.1, -0.05) is 0 Å². The van der Waals surface area contributed by atoms with E-state index in [-0.39, 0.29) is 18.1 Å². The lowest BCUT2D eigenvalue weighted by Crippen LogP contribution is -2.47. The van der Waals surface area contributed by atoms with E-state index >= 15 is 0 Å². The molecular weight excluding hydrogens is 406 g/mol. The number of piperidine rings is 1. The third kappa shape index (κ3) is 4.18. The highest BCUT2D eigenvalue weighted by atomic mass is 16.7. The van der Waals surface area contributed by atoms with Crippen LogP contribution in [0.3, 0.4) is 0 Å². The van der Waals surface area contributed by atoms with E-state index in [0.29, 0.717) is 54.4 Å². The number of ether oxygens (including phenoxy) is 5. The lowest BCUT2D eigenvalue weighted by molar-refractivity contribution is -0.185. The van der Waals surface area contributed by atoms with Crippen LogP contribution >= 0.6 is 0 Å². The molecule has 1 spiro atoms. The van der Waals surface area contributed by atoms with Crippen LogP contribution in [-0.4, -0.2) is 81.7 Å². The number of likely N-dealkylation sites (tertiary alicyclic amines) is 1. The average molecular weight is 433 g/mol. The van der Waals surface area contributed by atoms with E-state index in [0.717, 1.165) is 12.8 Å². The number of nitrogens with zero attached hydrogens (tertiary/aromatic N) is 1. The number of aromatic nitrogens is 1. The minimum absolute atomic E-state index is 0.159. The summed E-state index contributed by atoms with van der Waals surface area (Å²) in [6.07, 6.45) is 1.44. The molecule has 4 rings (SSSR count). The van der Waals surface area contributed by atoms with Crippen molar-refractivity contribution >= 4 is 28.5 Å². The third-order valence-corrected chi connectivity index (χ3v) is 5.76. The molecule has 1 aromatic carbocycles. The molecule has 0 unspecified atom stereocenters. The molecule has 0 atom stereocenters. The van der Waals surface area contributed by atoms with Crippen LogP contribution in [0.25, 0.3) is 10.9 Å². The molecule has 2 aliphatic rings. The Hall–Kier alpha value is -2.82. The lowest BCUT2D eigenvalue weighted by Gasteiger charge is -2.37. The molecule has 0 bridgehead atoms. The van der Waals surface area contributed by atoms with Crippen molar-refractivity contribution in [3.05, 3.63) is 17.8 Å². The van der Waals surface area contributed by atoms with Crippen molar-refractivity contribution in [1.29, 1.82) is 0 Å². The van der Waals surface area contributed by atoms with Crippen molar-refractivity contribution in [1.82, 2.24) is 9.88 Å². The first-order chi connectivity index (χ1) is 15.0. The summed E-state index contributed by atoms with van der Waals surface area (Å²) in [7, 11) is 4.34. The summed E-state index contributed by atoms with van der Waals surface area (Å²) in [4.78, 5) is 30.2. The van der Waals surface area contributed by atoms with Crippen molar-refractivity contribution in [3.63, 3.8) is 0 Å². The van der Waals surface area contributed by atoms with Gasteiger partial charge >= 0.3 is 5.97 Å². The maximum atomic E-state index is 12.8. The fourth-order valence-electron chi connectivity index (χ4n) is 4.13. The van der Waals surface area contributed by atoms with E-state index < -0.39 is 11.8 Å². The van der Waals surface area contributed by atoms with Gasteiger partial charge in [-0.15, -0.1) is 0 Å². The number of fused-ring (bicyclic) bond motifs is 1. The van der Waals surface area contributed by atoms with Crippen molar-refractivity contribution < 1.29 is 33.3 Å². The van der Waals surface area contributed by atoms with Gasteiger partial charge in [-0.25, -0.2) is 4.79 Å². The van der Waals surface area contributed by atoms with Gasteiger partial charge < -0.3 is 34.0 Å². The van der Waals surface area contributed by atoms with E-state index in [2.05, 4.69) is 10.3 Å². The minimum Gasteiger partial charge on any atom is -0.493 e. The summed E-state index contributed by atoms with van der Waals surface area (Å²) in [5, 5.41) is 3.50. The number of benzene rings is 1. The molecule has 2 aliphatic heterocycles. The van der Waals surface area contributed by atoms with E-state index in [4.69, 9.17) is 23.7 Å². The monoisotopic (exact) mass is 433 g/mol. The summed E-state index contributed by atoms with van der Waals surface area (Å²) in [5.41, 5.74) is 1.12. The lowest BCUT2D eigenvalue weighted by atomic mass is 10.0. The first-order valence-electron chi connectivity index (χ1n) is 10.1. The Bertz CT molecular complexity index is 971. The summed E-state index contributed by atoms with van der Waals surface area (Å²) in [5.74, 6) is -0.315. The fraction of sp³-hybridized carbons (Fsp3) is 0.524. The maximum Gasteiger partial charge on any atom is 0.356 e. The Kier molecular flexibility index (Phi) is 6.03. The van der Waals surface area contributed by atoms with Crippen LogP contribution in [0.15, 0.2) is 12.1 Å². The standard InChI is InChI=1S/C21H27N3O7/c1-27-15-10-13-14(11-16(15)28-2)22-19(20(26)29-3)18(13)23-17(25)12-24-6-4-21(5-7-24)30-8-9-31-21/h10-11,22H,4-9,12H2,1-3H3,(H,23,25). The van der Waals surface area contributed by atoms with Crippen LogP contribution in [0.5, 0.6) is 11.5 Å². The van der Waals surface area contributed by atoms with Crippen molar-refractivity contribution in [3.8, 4) is 11.5 Å². The van der Waals surface area contributed by atoms with Gasteiger partial charge in [0.25, 0.3) is 0 Å². The zero-order valence-corrected chi connectivity index (χ0v) is 17.9. The van der Waals surface area contributed by atoms with Gasteiger partial charge in [-0.2, -0.15) is 0 Å². The van der Waals surface area contributed by atoms with Crippen LogP contribution in [0.4, 0.5) is 5.69 Å². The maximum absolute atomic E-state index is 12.8. The molecule has 10 heteroatoms. The molecule has 31 heavy (non-hydrogen) atoms. The van der Waals surface area contributed by atoms with Crippen molar-refractivity contribution in [2.45, 2.75) is 18.6 Å². The number of esters is 1. The number of hydrogen-bond donors (Lipinski definition) is 2. The Morgan fingerprint density at radius 2 is 1.74 bits per heavy atom. The molecule has 3 heterocycles. The minimum atomic E-state index is -0.583. The number of methoxy groups -OCH3 is 3. The average Bonchev–Trinajstić information content (AvgIpc) is 3.38. The van der Waals surface area contributed by atoms with Crippen molar-refractivity contribution in [2.75, 3.05) is 59.5 Å². The van der Waals surface area contributed by atoms with Crippen LogP contribution < -0.4 is 14.8 Å². The molecule has 168 valence electrons. The number of H-pyrrole nitrogens is 1. The summed E-state index contributed by atoms with van der Waals surface area (Å²) in [6, 6.07) is 3.42. The quantitative estimate of drug-likeness (QED) is 0.663. The zero-order chi connectivity index (χ0) is 22.0. The Labute approximate surface area is 179 Å². The second-order valence-electron chi connectivity index (χ2n) is 7.55. The topological polar surface area (TPSA) is 111 Å². The number of anilines is 1. The summed E-state index contributed by atoms with van der Waals surface area (Å²) in [6.45, 7) is 2.81. The molecule has 1 aromatic heterocycles. The number of nitrogens with one attached hydrogen (secondary N) is 2. The smallest absolute Gasteiger partial charge is 0.356 e. The molecule has 0 aliphatic carbocycles. The van der Waals surface area contributed by atoms with Crippen LogP contribution in [-0.2, 0) is 19.0 Å². The second kappa shape index (κ2) is 8.74. The first kappa shape index (κ1) is 21.4. The van der Waals surface area contributed by atoms with Gasteiger partial charge in [0.1, 0.15) is 5.69 Å². The number of hydrogen-bond acceptors (Lipinski definition) is 8. The molecule has 2 N–H and O–H groups in total. The molecule has 2 fully saturated rings. The molecule has 0 saturated carbocycles. The van der Waals surface area contributed by atoms with Gasteiger partial charge in [-0.3, -0.25) is 9.69 Å². The molecule has 0 radical (unpaired) electrons. The number of aromatic amines is 1. The Balaban J connectivity index is 1.53. The van der Waals surface area contributed by atoms with Gasteiger partial charge in [0, 0.05) is 37.4 Å². The van der Waals surface area contributed by atoms with E-state index in [9.17, 15) is 9.59 Å². The van der Waals surface area contributed by atoms with Gasteiger partial charge in [0.2, 0.25) is 5.91 Å². The molecule has 10 nitrogen and oxygen atoms in total. The highest BCUT2D eigenvalue weighted by molar-refractivity contribution is 6.11. The predicted octanol–water partition coefficient (Wildman–Crippen LogP) is 1.75. The van der Waals surface area contributed by atoms with Crippen LogP contribution in [0.2, 0.25) is 0 Å². The largest absolute Gasteiger partial charge is 0.493 e. The summed E-state index contributed by atoms with van der Waals surface area (Å²) < 4.78 is 27.0. The zero-order valence-electron chi connectivity index (χ0n) is 17.9. The normalized spacial score (nSPS) is 18.3. The number of carbonyl (C=O) groups excluding carboxylic acids is 2. The predicted molar refractivity (Wildman–Crippen MR) is 112 cm³/mol. The number of carbonyl (C=O) groups is 2. The van der Waals surface area contributed by atoms with Crippen molar-refractivity contribution in [2.24, 2.45) is 0 Å². The third-order valence-electron chi connectivity index (χ3n) is 5.76. The Morgan fingerprint density at radius 3 is 2.35 bits per heavy atom. The number of rotatable bonds is 6. The van der Waals surface area contributed by atoms with E-state index in [1.165, 1.54) is 21.3 Å². The summed E-state index contributed by atoms with van der Waals surface area (Å²) >= 11 is 0. The van der Waals surface area contributed by atoms with Crippen LogP contribution in [0, 0.1) is 0 Å². The van der Waals surface area contributed by atoms with E-state index in [1.54, 1.807) is 12.1 Å². The Morgan fingerprint density at radius 1 is 1.10 bits per heavy atom. The highest BCUT2D eigenvalue weighted by Gasteiger charge is 2.40.